The molecule has 1 aromatic heterocycles. The number of nitrogens with one attached hydrogen (secondary N) is 1. The maximum Gasteiger partial charge on any atom is 0.0471 e. The second-order valence-electron chi connectivity index (χ2n) is 5.75. The highest BCUT2D eigenvalue weighted by molar-refractivity contribution is 9.10. The molecule has 0 amide bonds. The third-order valence-corrected chi connectivity index (χ3v) is 4.61. The highest BCUT2D eigenvalue weighted by Crippen LogP contribution is 2.29. The van der Waals surface area contributed by atoms with Gasteiger partial charge in [-0.25, -0.2) is 0 Å². The monoisotopic (exact) mass is 373 g/mol. The van der Waals surface area contributed by atoms with E-state index in [2.05, 4.69) is 106 Å². The van der Waals surface area contributed by atoms with Gasteiger partial charge >= 0.3 is 0 Å². The molecule has 0 aliphatic carbocycles. The highest BCUT2D eigenvalue weighted by atomic mass is 79.9. The normalized spacial score (nSPS) is 11.8. The van der Waals surface area contributed by atoms with Crippen LogP contribution >= 0.6 is 15.9 Å². The molecule has 0 spiro atoms. The van der Waals surface area contributed by atoms with Crippen molar-refractivity contribution in [2.24, 2.45) is 0 Å². The van der Waals surface area contributed by atoms with Crippen molar-refractivity contribution in [3.8, 4) is 0 Å². The average Bonchev–Trinajstić information content (AvgIpc) is 3.05. The van der Waals surface area contributed by atoms with E-state index in [-0.39, 0.29) is 0 Å². The quantitative estimate of drug-likeness (QED) is 0.393. The maximum atomic E-state index is 3.55. The molecule has 2 heteroatoms. The maximum absolute atomic E-state index is 3.55. The fourth-order valence-electron chi connectivity index (χ4n) is 2.88. The smallest absolute Gasteiger partial charge is 0.0471 e. The summed E-state index contributed by atoms with van der Waals surface area (Å²) in [5.74, 6) is 0. The van der Waals surface area contributed by atoms with Gasteiger partial charge in [-0.15, -0.1) is 0 Å². The van der Waals surface area contributed by atoms with E-state index >= 15 is 0 Å². The van der Waals surface area contributed by atoms with Gasteiger partial charge in [-0.3, -0.25) is 0 Å². The number of hydrogen-bond donors (Lipinski definition) is 1. The second-order valence-corrected chi connectivity index (χ2v) is 6.66. The first-order valence-corrected chi connectivity index (χ1v) is 8.70. The van der Waals surface area contributed by atoms with Gasteiger partial charge in [0.2, 0.25) is 0 Å². The van der Waals surface area contributed by atoms with Crippen LogP contribution in [0.25, 0.3) is 22.6 Å². The molecule has 0 radical (unpaired) electrons. The Balaban J connectivity index is 1.89. The molecule has 0 saturated carbocycles. The Bertz CT molecular complexity index is 962. The summed E-state index contributed by atoms with van der Waals surface area (Å²) < 4.78 is 1.09. The van der Waals surface area contributed by atoms with Crippen LogP contribution in [0.15, 0.2) is 89.4 Å². The Morgan fingerprint density at radius 2 is 1.50 bits per heavy atom. The van der Waals surface area contributed by atoms with Crippen LogP contribution in [-0.2, 0) is 0 Å². The van der Waals surface area contributed by atoms with E-state index in [4.69, 9.17) is 0 Å². The Labute approximate surface area is 149 Å². The Morgan fingerprint density at radius 3 is 2.25 bits per heavy atom. The van der Waals surface area contributed by atoms with Crippen molar-refractivity contribution >= 4 is 38.5 Å². The van der Waals surface area contributed by atoms with Crippen LogP contribution in [0.1, 0.15) is 16.8 Å². The standard InChI is InChI=1S/C22H16BrN/c23-19-12-10-17(11-13-19)20(14-16-6-2-1-3-7-16)22-15-18-8-4-5-9-21(18)24-22/h1-15,24H/b20-14-. The summed E-state index contributed by atoms with van der Waals surface area (Å²) in [6.45, 7) is 0. The van der Waals surface area contributed by atoms with Crippen molar-refractivity contribution in [2.45, 2.75) is 0 Å². The number of fused-ring (bicyclic) bond motifs is 1. The number of para-hydroxylation sites is 1. The van der Waals surface area contributed by atoms with E-state index in [1.165, 1.54) is 22.1 Å². The van der Waals surface area contributed by atoms with Crippen LogP contribution in [-0.4, -0.2) is 4.98 Å². The number of rotatable bonds is 3. The van der Waals surface area contributed by atoms with Gasteiger partial charge in [-0.05, 0) is 41.5 Å². The molecule has 0 unspecified atom stereocenters. The van der Waals surface area contributed by atoms with Crippen molar-refractivity contribution in [2.75, 3.05) is 0 Å². The SMILES string of the molecule is Brc1ccc(/C(=C/c2ccccc2)c2cc3ccccc3[nH]2)cc1. The van der Waals surface area contributed by atoms with Crippen LogP contribution in [0.2, 0.25) is 0 Å². The zero-order chi connectivity index (χ0) is 16.4. The number of hydrogen-bond acceptors (Lipinski definition) is 0. The molecule has 0 fully saturated rings. The molecule has 0 atom stereocenters. The van der Waals surface area contributed by atoms with Crippen molar-refractivity contribution in [1.82, 2.24) is 4.98 Å². The highest BCUT2D eigenvalue weighted by Gasteiger charge is 2.09. The molecule has 3 aromatic carbocycles. The fraction of sp³-hybridized carbons (Fsp3) is 0. The Morgan fingerprint density at radius 1 is 0.792 bits per heavy atom. The van der Waals surface area contributed by atoms with Gasteiger partial charge < -0.3 is 4.98 Å². The largest absolute Gasteiger partial charge is 0.355 e. The summed E-state index contributed by atoms with van der Waals surface area (Å²) in [6.07, 6.45) is 2.23. The number of aromatic amines is 1. The lowest BCUT2D eigenvalue weighted by molar-refractivity contribution is 1.39. The van der Waals surface area contributed by atoms with Gasteiger partial charge in [0.15, 0.2) is 0 Å². The summed E-state index contributed by atoms with van der Waals surface area (Å²) in [5.41, 5.74) is 5.85. The molecule has 1 nitrogen and oxygen atoms in total. The molecule has 116 valence electrons. The van der Waals surface area contributed by atoms with E-state index in [9.17, 15) is 0 Å². The molecule has 0 saturated heterocycles. The molecule has 24 heavy (non-hydrogen) atoms. The van der Waals surface area contributed by atoms with Gasteiger partial charge in [0, 0.05) is 26.6 Å². The predicted molar refractivity (Wildman–Crippen MR) is 106 cm³/mol. The first kappa shape index (κ1) is 15.0. The average molecular weight is 374 g/mol. The van der Waals surface area contributed by atoms with E-state index < -0.39 is 0 Å². The fourth-order valence-corrected chi connectivity index (χ4v) is 3.14. The molecule has 1 N–H and O–H groups in total. The van der Waals surface area contributed by atoms with Gasteiger partial charge in [0.05, 0.1) is 0 Å². The summed E-state index contributed by atoms with van der Waals surface area (Å²) in [4.78, 5) is 3.55. The van der Waals surface area contributed by atoms with Gasteiger partial charge in [0.25, 0.3) is 0 Å². The van der Waals surface area contributed by atoms with Crippen molar-refractivity contribution in [3.63, 3.8) is 0 Å². The molecular weight excluding hydrogens is 358 g/mol. The van der Waals surface area contributed by atoms with Crippen LogP contribution in [0.3, 0.4) is 0 Å². The third kappa shape index (κ3) is 3.06. The number of benzene rings is 3. The number of aromatic nitrogens is 1. The number of H-pyrrole nitrogens is 1. The molecule has 0 bridgehead atoms. The van der Waals surface area contributed by atoms with Crippen LogP contribution in [0.5, 0.6) is 0 Å². The molecule has 0 aliphatic rings. The van der Waals surface area contributed by atoms with E-state index in [1.807, 2.05) is 6.07 Å². The first-order chi connectivity index (χ1) is 11.8. The van der Waals surface area contributed by atoms with E-state index in [0.29, 0.717) is 0 Å². The van der Waals surface area contributed by atoms with E-state index in [0.717, 1.165) is 15.7 Å². The van der Waals surface area contributed by atoms with Crippen LogP contribution in [0, 0.1) is 0 Å². The molecule has 1 heterocycles. The van der Waals surface area contributed by atoms with Gasteiger partial charge in [-0.2, -0.15) is 0 Å². The van der Waals surface area contributed by atoms with Gasteiger partial charge in [-0.1, -0.05) is 76.6 Å². The Hall–Kier alpha value is -2.58. The minimum atomic E-state index is 1.09. The minimum Gasteiger partial charge on any atom is -0.355 e. The first-order valence-electron chi connectivity index (χ1n) is 7.90. The zero-order valence-electron chi connectivity index (χ0n) is 13.0. The topological polar surface area (TPSA) is 15.8 Å². The van der Waals surface area contributed by atoms with Gasteiger partial charge in [0.1, 0.15) is 0 Å². The van der Waals surface area contributed by atoms with Crippen molar-refractivity contribution in [3.05, 3.63) is 106 Å². The summed E-state index contributed by atoms with van der Waals surface area (Å²) >= 11 is 3.52. The summed E-state index contributed by atoms with van der Waals surface area (Å²) in [7, 11) is 0. The van der Waals surface area contributed by atoms with Crippen molar-refractivity contribution < 1.29 is 0 Å². The molecule has 0 aliphatic heterocycles. The summed E-state index contributed by atoms with van der Waals surface area (Å²) in [6, 6.07) is 29.5. The molecule has 4 rings (SSSR count). The van der Waals surface area contributed by atoms with Crippen LogP contribution < -0.4 is 0 Å². The third-order valence-electron chi connectivity index (χ3n) is 4.09. The zero-order valence-corrected chi connectivity index (χ0v) is 14.6. The predicted octanol–water partition coefficient (Wildman–Crippen LogP) is 6.52. The van der Waals surface area contributed by atoms with Crippen LogP contribution in [0.4, 0.5) is 0 Å². The number of halogens is 1. The lowest BCUT2D eigenvalue weighted by Crippen LogP contribution is -1.88. The summed E-state index contributed by atoms with van der Waals surface area (Å²) in [5, 5.41) is 1.23. The minimum absolute atomic E-state index is 1.09. The molecule has 4 aromatic rings. The molecular formula is C22H16BrN. The lowest BCUT2D eigenvalue weighted by Gasteiger charge is -2.07. The second kappa shape index (κ2) is 6.50. The van der Waals surface area contributed by atoms with E-state index in [1.54, 1.807) is 0 Å². The van der Waals surface area contributed by atoms with Crippen molar-refractivity contribution in [1.29, 1.82) is 0 Å². The lowest BCUT2D eigenvalue weighted by atomic mass is 10.00. The Kier molecular flexibility index (Phi) is 4.06.